The standard InChI is InChI=1S/C18H25NO3/c1-12-5-6-16(9-13(12)2)17(20)7-8-18(21)19-10-14(3)22-15(4)11-19/h5-6,9,14-15H,7-8,10-11H2,1-4H3. The van der Waals surface area contributed by atoms with Crippen LogP contribution in [-0.2, 0) is 9.53 Å². The molecular formula is C18H25NO3. The van der Waals surface area contributed by atoms with Crippen molar-refractivity contribution in [2.24, 2.45) is 0 Å². The third-order valence-corrected chi connectivity index (χ3v) is 4.17. The maximum atomic E-state index is 12.3. The Balaban J connectivity index is 1.90. The van der Waals surface area contributed by atoms with Gasteiger partial charge in [-0.15, -0.1) is 0 Å². The normalized spacial score (nSPS) is 21.7. The summed E-state index contributed by atoms with van der Waals surface area (Å²) in [6.45, 7) is 9.18. The van der Waals surface area contributed by atoms with Crippen molar-refractivity contribution in [3.63, 3.8) is 0 Å². The van der Waals surface area contributed by atoms with Crippen molar-refractivity contribution in [2.75, 3.05) is 13.1 Å². The Hall–Kier alpha value is -1.68. The number of aryl methyl sites for hydroxylation is 2. The first-order chi connectivity index (χ1) is 10.4. The highest BCUT2D eigenvalue weighted by molar-refractivity contribution is 5.98. The predicted octanol–water partition coefficient (Wildman–Crippen LogP) is 2.90. The number of hydrogen-bond donors (Lipinski definition) is 0. The van der Waals surface area contributed by atoms with Crippen LogP contribution >= 0.6 is 0 Å². The first kappa shape index (κ1) is 16.7. The predicted molar refractivity (Wildman–Crippen MR) is 86.1 cm³/mol. The lowest BCUT2D eigenvalue weighted by Crippen LogP contribution is -2.48. The largest absolute Gasteiger partial charge is 0.372 e. The minimum atomic E-state index is 0.0332. The Morgan fingerprint density at radius 3 is 2.32 bits per heavy atom. The maximum absolute atomic E-state index is 12.3. The van der Waals surface area contributed by atoms with Gasteiger partial charge in [-0.2, -0.15) is 0 Å². The lowest BCUT2D eigenvalue weighted by molar-refractivity contribution is -0.143. The molecule has 0 bridgehead atoms. The number of carbonyl (C=O) groups excluding carboxylic acids is 2. The van der Waals surface area contributed by atoms with Gasteiger partial charge in [0, 0.05) is 31.5 Å². The quantitative estimate of drug-likeness (QED) is 0.804. The molecular weight excluding hydrogens is 278 g/mol. The summed E-state index contributed by atoms with van der Waals surface area (Å²) >= 11 is 0. The van der Waals surface area contributed by atoms with Gasteiger partial charge in [-0.1, -0.05) is 12.1 Å². The first-order valence-corrected chi connectivity index (χ1v) is 7.90. The van der Waals surface area contributed by atoms with E-state index in [1.807, 2.05) is 50.8 Å². The van der Waals surface area contributed by atoms with E-state index in [-0.39, 0.29) is 36.7 Å². The lowest BCUT2D eigenvalue weighted by atomic mass is 10.0. The number of carbonyl (C=O) groups is 2. The van der Waals surface area contributed by atoms with Gasteiger partial charge in [0.25, 0.3) is 0 Å². The number of amides is 1. The molecule has 1 aromatic carbocycles. The van der Waals surface area contributed by atoms with Crippen molar-refractivity contribution in [3.8, 4) is 0 Å². The van der Waals surface area contributed by atoms with E-state index in [9.17, 15) is 9.59 Å². The topological polar surface area (TPSA) is 46.6 Å². The summed E-state index contributed by atoms with van der Waals surface area (Å²) < 4.78 is 5.62. The van der Waals surface area contributed by atoms with Crippen molar-refractivity contribution in [1.82, 2.24) is 4.90 Å². The Labute approximate surface area is 132 Å². The highest BCUT2D eigenvalue weighted by atomic mass is 16.5. The molecule has 2 atom stereocenters. The van der Waals surface area contributed by atoms with E-state index in [1.165, 1.54) is 5.56 Å². The third kappa shape index (κ3) is 4.17. The van der Waals surface area contributed by atoms with Gasteiger partial charge in [-0.3, -0.25) is 9.59 Å². The molecule has 1 saturated heterocycles. The van der Waals surface area contributed by atoms with Crippen molar-refractivity contribution in [3.05, 3.63) is 34.9 Å². The van der Waals surface area contributed by atoms with E-state index in [1.54, 1.807) is 0 Å². The Bertz CT molecular complexity index is 557. The van der Waals surface area contributed by atoms with Gasteiger partial charge in [0.2, 0.25) is 5.91 Å². The van der Waals surface area contributed by atoms with Gasteiger partial charge in [0.15, 0.2) is 5.78 Å². The molecule has 0 radical (unpaired) electrons. The van der Waals surface area contributed by atoms with Gasteiger partial charge in [0.1, 0.15) is 0 Å². The van der Waals surface area contributed by atoms with Crippen molar-refractivity contribution in [1.29, 1.82) is 0 Å². The molecule has 0 aliphatic carbocycles. The zero-order chi connectivity index (χ0) is 16.3. The van der Waals surface area contributed by atoms with Crippen LogP contribution in [0.2, 0.25) is 0 Å². The van der Waals surface area contributed by atoms with E-state index in [2.05, 4.69) is 0 Å². The second-order valence-corrected chi connectivity index (χ2v) is 6.28. The highest BCUT2D eigenvalue weighted by Crippen LogP contribution is 2.15. The minimum Gasteiger partial charge on any atom is -0.372 e. The average Bonchev–Trinajstić information content (AvgIpc) is 2.46. The van der Waals surface area contributed by atoms with Gasteiger partial charge in [-0.05, 0) is 44.9 Å². The Kier molecular flexibility index (Phi) is 5.35. The molecule has 2 rings (SSSR count). The Morgan fingerprint density at radius 1 is 1.09 bits per heavy atom. The van der Waals surface area contributed by atoms with Crippen LogP contribution in [0.4, 0.5) is 0 Å². The Morgan fingerprint density at radius 2 is 1.73 bits per heavy atom. The fraction of sp³-hybridized carbons (Fsp3) is 0.556. The molecule has 1 aliphatic rings. The van der Waals surface area contributed by atoms with Gasteiger partial charge < -0.3 is 9.64 Å². The summed E-state index contributed by atoms with van der Waals surface area (Å²) in [6, 6.07) is 5.70. The van der Waals surface area contributed by atoms with E-state index in [0.29, 0.717) is 18.7 Å². The van der Waals surface area contributed by atoms with Crippen molar-refractivity contribution in [2.45, 2.75) is 52.7 Å². The van der Waals surface area contributed by atoms with E-state index in [4.69, 9.17) is 4.74 Å². The summed E-state index contributed by atoms with van der Waals surface area (Å²) in [5.41, 5.74) is 2.97. The zero-order valence-corrected chi connectivity index (χ0v) is 13.9. The molecule has 0 N–H and O–H groups in total. The summed E-state index contributed by atoms with van der Waals surface area (Å²) in [5, 5.41) is 0. The lowest BCUT2D eigenvalue weighted by Gasteiger charge is -2.35. The number of ether oxygens (including phenoxy) is 1. The monoisotopic (exact) mass is 303 g/mol. The van der Waals surface area contributed by atoms with Crippen LogP contribution in [0.25, 0.3) is 0 Å². The van der Waals surface area contributed by atoms with Gasteiger partial charge in [-0.25, -0.2) is 0 Å². The highest BCUT2D eigenvalue weighted by Gasteiger charge is 2.25. The van der Waals surface area contributed by atoms with Crippen LogP contribution < -0.4 is 0 Å². The van der Waals surface area contributed by atoms with Gasteiger partial charge in [0.05, 0.1) is 12.2 Å². The second kappa shape index (κ2) is 7.05. The van der Waals surface area contributed by atoms with Crippen LogP contribution in [0.5, 0.6) is 0 Å². The van der Waals surface area contributed by atoms with Crippen LogP contribution in [0.3, 0.4) is 0 Å². The molecule has 22 heavy (non-hydrogen) atoms. The summed E-state index contributed by atoms with van der Waals surface area (Å²) in [5.74, 6) is 0.0741. The average molecular weight is 303 g/mol. The third-order valence-electron chi connectivity index (χ3n) is 4.17. The summed E-state index contributed by atoms with van der Waals surface area (Å²) in [6.07, 6.45) is 0.651. The first-order valence-electron chi connectivity index (χ1n) is 7.90. The van der Waals surface area contributed by atoms with Crippen molar-refractivity contribution >= 4 is 11.7 Å². The summed E-state index contributed by atoms with van der Waals surface area (Å²) in [4.78, 5) is 26.3. The molecule has 0 aromatic heterocycles. The SMILES string of the molecule is Cc1ccc(C(=O)CCC(=O)N2CC(C)OC(C)C2)cc1C. The minimum absolute atomic E-state index is 0.0332. The number of hydrogen-bond acceptors (Lipinski definition) is 3. The fourth-order valence-electron chi connectivity index (χ4n) is 2.82. The molecule has 1 fully saturated rings. The number of Topliss-reactive ketones (excluding diaryl/α,β-unsaturated/α-hetero) is 1. The second-order valence-electron chi connectivity index (χ2n) is 6.28. The number of benzene rings is 1. The molecule has 4 nitrogen and oxygen atoms in total. The maximum Gasteiger partial charge on any atom is 0.223 e. The molecule has 1 amide bonds. The molecule has 2 unspecified atom stereocenters. The zero-order valence-electron chi connectivity index (χ0n) is 13.9. The van der Waals surface area contributed by atoms with Crippen LogP contribution in [0.15, 0.2) is 18.2 Å². The molecule has 0 spiro atoms. The number of rotatable bonds is 4. The number of ketones is 1. The number of nitrogens with zero attached hydrogens (tertiary/aromatic N) is 1. The molecule has 4 heteroatoms. The molecule has 1 aromatic rings. The fourth-order valence-corrected chi connectivity index (χ4v) is 2.82. The van der Waals surface area contributed by atoms with Crippen LogP contribution in [0, 0.1) is 13.8 Å². The molecule has 120 valence electrons. The van der Waals surface area contributed by atoms with Crippen LogP contribution in [0.1, 0.15) is 48.2 Å². The number of morpholine rings is 1. The summed E-state index contributed by atoms with van der Waals surface area (Å²) in [7, 11) is 0. The van der Waals surface area contributed by atoms with Crippen molar-refractivity contribution < 1.29 is 14.3 Å². The van der Waals surface area contributed by atoms with E-state index in [0.717, 1.165) is 5.56 Å². The van der Waals surface area contributed by atoms with Gasteiger partial charge >= 0.3 is 0 Å². The van der Waals surface area contributed by atoms with Crippen LogP contribution in [-0.4, -0.2) is 41.9 Å². The molecule has 1 heterocycles. The smallest absolute Gasteiger partial charge is 0.223 e. The molecule has 0 saturated carbocycles. The molecule has 1 aliphatic heterocycles. The van der Waals surface area contributed by atoms with E-state index >= 15 is 0 Å². The van der Waals surface area contributed by atoms with E-state index < -0.39 is 0 Å².